The lowest BCUT2D eigenvalue weighted by Gasteiger charge is -2.19. The molecule has 2 aliphatic rings. The van der Waals surface area contributed by atoms with Crippen LogP contribution in [0.2, 0.25) is 0 Å². The third-order valence-corrected chi connectivity index (χ3v) is 6.51. The number of hydrogen-bond acceptors (Lipinski definition) is 5. The molecule has 26 heavy (non-hydrogen) atoms. The molecule has 1 aromatic rings. The molecule has 5 nitrogen and oxygen atoms in total. The second-order valence-electron chi connectivity index (χ2n) is 6.88. The fraction of sp³-hybridized carbons (Fsp3) is 0.421. The number of benzene rings is 1. The number of nitroso groups, excluding NO2 is 1. The second-order valence-corrected chi connectivity index (χ2v) is 8.56. The lowest BCUT2D eigenvalue weighted by molar-refractivity contribution is -0.127. The van der Waals surface area contributed by atoms with Gasteiger partial charge in [0.15, 0.2) is 0 Å². The number of carbonyl (C=O) groups is 2. The molecule has 7 heteroatoms. The van der Waals surface area contributed by atoms with E-state index in [1.807, 2.05) is 6.07 Å². The maximum Gasteiger partial charge on any atom is 0.306 e. The smallest absolute Gasteiger partial charge is 0.283 e. The van der Waals surface area contributed by atoms with Gasteiger partial charge >= 0.3 is 5.91 Å². The first-order valence-electron chi connectivity index (χ1n) is 8.63. The lowest BCUT2D eigenvalue weighted by atomic mass is 9.86. The number of amides is 2. The normalized spacial score (nSPS) is 24.5. The van der Waals surface area contributed by atoms with Crippen LogP contribution in [-0.2, 0) is 9.59 Å². The summed E-state index contributed by atoms with van der Waals surface area (Å²) in [6.07, 6.45) is 5.52. The zero-order valence-electron chi connectivity index (χ0n) is 14.7. The van der Waals surface area contributed by atoms with Crippen LogP contribution in [0.1, 0.15) is 48.8 Å². The molecular formula is C19H20N2O3S2. The third-order valence-electron chi connectivity index (χ3n) is 5.13. The quantitative estimate of drug-likeness (QED) is 0.435. The fourth-order valence-electron chi connectivity index (χ4n) is 3.71. The minimum atomic E-state index is -0.907. The number of carbonyl (C=O) groups excluding carboxylic acids is 2. The first-order valence-corrected chi connectivity index (χ1v) is 9.85. The molecule has 0 spiro atoms. The molecule has 2 atom stereocenters. The van der Waals surface area contributed by atoms with E-state index in [-0.39, 0.29) is 10.2 Å². The van der Waals surface area contributed by atoms with Crippen molar-refractivity contribution in [1.29, 1.82) is 0 Å². The predicted molar refractivity (Wildman–Crippen MR) is 108 cm³/mol. The van der Waals surface area contributed by atoms with Gasteiger partial charge in [-0.3, -0.25) is 14.5 Å². The van der Waals surface area contributed by atoms with Crippen LogP contribution in [0.4, 0.5) is 0 Å². The van der Waals surface area contributed by atoms with Gasteiger partial charge in [-0.05, 0) is 47.9 Å². The van der Waals surface area contributed by atoms with Crippen LogP contribution >= 0.6 is 24.0 Å². The molecule has 1 aliphatic heterocycles. The van der Waals surface area contributed by atoms with E-state index in [1.54, 1.807) is 6.08 Å². The molecule has 0 radical (unpaired) electrons. The van der Waals surface area contributed by atoms with Gasteiger partial charge in [0.1, 0.15) is 10.9 Å². The summed E-state index contributed by atoms with van der Waals surface area (Å²) < 4.78 is 0.273. The van der Waals surface area contributed by atoms with E-state index >= 15 is 0 Å². The summed E-state index contributed by atoms with van der Waals surface area (Å²) in [5, 5.41) is 2.33. The Bertz CT molecular complexity index is 819. The zero-order valence-corrected chi connectivity index (χ0v) is 16.4. The summed E-state index contributed by atoms with van der Waals surface area (Å²) >= 11 is 6.30. The highest BCUT2D eigenvalue weighted by Gasteiger charge is 2.33. The van der Waals surface area contributed by atoms with Crippen molar-refractivity contribution in [1.82, 2.24) is 4.90 Å². The van der Waals surface area contributed by atoms with Crippen molar-refractivity contribution in [2.75, 3.05) is 6.54 Å². The summed E-state index contributed by atoms with van der Waals surface area (Å²) in [6.45, 7) is 4.03. The summed E-state index contributed by atoms with van der Waals surface area (Å²) in [5.41, 5.74) is 3.57. The number of thioether (sulfide) groups is 1. The van der Waals surface area contributed by atoms with Gasteiger partial charge in [0.2, 0.25) is 0 Å². The van der Waals surface area contributed by atoms with E-state index in [4.69, 9.17) is 12.2 Å². The Hall–Kier alpha value is -1.86. The van der Waals surface area contributed by atoms with Gasteiger partial charge in [0, 0.05) is 5.18 Å². The second kappa shape index (κ2) is 7.80. The Morgan fingerprint density at radius 2 is 2.19 bits per heavy atom. The molecule has 3 rings (SSSR count). The van der Waals surface area contributed by atoms with Crippen molar-refractivity contribution in [3.8, 4) is 0 Å². The summed E-state index contributed by atoms with van der Waals surface area (Å²) in [7, 11) is 0. The molecule has 0 aromatic heterocycles. The first-order chi connectivity index (χ1) is 12.4. The van der Waals surface area contributed by atoms with Crippen molar-refractivity contribution in [2.24, 2.45) is 11.1 Å². The molecule has 1 aliphatic carbocycles. The van der Waals surface area contributed by atoms with Gasteiger partial charge in [0.05, 0.1) is 4.91 Å². The Labute approximate surface area is 162 Å². The van der Waals surface area contributed by atoms with E-state index in [0.717, 1.165) is 22.2 Å². The Morgan fingerprint density at radius 3 is 2.85 bits per heavy atom. The van der Waals surface area contributed by atoms with Crippen molar-refractivity contribution in [3.05, 3.63) is 44.7 Å². The topological polar surface area (TPSA) is 66.8 Å². The molecular weight excluding hydrogens is 368 g/mol. The number of nitrogens with zero attached hydrogens (tertiary/aromatic N) is 2. The van der Waals surface area contributed by atoms with Gasteiger partial charge in [-0.2, -0.15) is 0 Å². The molecule has 136 valence electrons. The van der Waals surface area contributed by atoms with Gasteiger partial charge in [0.25, 0.3) is 5.91 Å². The molecule has 1 saturated heterocycles. The monoisotopic (exact) mass is 388 g/mol. The van der Waals surface area contributed by atoms with Crippen molar-refractivity contribution < 1.29 is 9.59 Å². The van der Waals surface area contributed by atoms with Crippen LogP contribution in [0.25, 0.3) is 6.08 Å². The number of rotatable bonds is 4. The molecule has 2 fully saturated rings. The van der Waals surface area contributed by atoms with Gasteiger partial charge < -0.3 is 0 Å². The van der Waals surface area contributed by atoms with E-state index in [2.05, 4.69) is 31.2 Å². The molecule has 1 heterocycles. The SMILES string of the molecule is Cc1ccc(/C=C2/SC(=S)N(CC(=O)N=O)C2=O)cc1C1CCCC1C. The first kappa shape index (κ1) is 18.9. The maximum absolute atomic E-state index is 12.5. The van der Waals surface area contributed by atoms with Crippen LogP contribution < -0.4 is 0 Å². The lowest BCUT2D eigenvalue weighted by Crippen LogP contribution is -2.32. The standard InChI is InChI=1S/C19H20N2O3S2/c1-11-4-3-5-14(11)15-8-13(7-6-12(15)2)9-16-18(23)21(19(25)26-16)10-17(22)20-24/h6-9,11,14H,3-5,10H2,1-2H3/b16-9+. The highest BCUT2D eigenvalue weighted by molar-refractivity contribution is 8.26. The van der Waals surface area contributed by atoms with Crippen LogP contribution in [0.15, 0.2) is 28.3 Å². The van der Waals surface area contributed by atoms with Gasteiger partial charge in [-0.1, -0.05) is 61.9 Å². The molecule has 1 aromatic carbocycles. The predicted octanol–water partition coefficient (Wildman–Crippen LogP) is 4.39. The minimum absolute atomic E-state index is 0.273. The van der Waals surface area contributed by atoms with Crippen molar-refractivity contribution in [3.63, 3.8) is 0 Å². The number of thiocarbonyl (C=S) groups is 1. The Morgan fingerprint density at radius 1 is 1.42 bits per heavy atom. The molecule has 0 N–H and O–H groups in total. The van der Waals surface area contributed by atoms with Crippen LogP contribution in [0.5, 0.6) is 0 Å². The highest BCUT2D eigenvalue weighted by atomic mass is 32.2. The third kappa shape index (κ3) is 3.78. The van der Waals surface area contributed by atoms with E-state index in [9.17, 15) is 14.5 Å². The maximum atomic E-state index is 12.5. The summed E-state index contributed by atoms with van der Waals surface area (Å²) in [6, 6.07) is 6.24. The average Bonchev–Trinajstić information content (AvgIpc) is 3.15. The summed E-state index contributed by atoms with van der Waals surface area (Å²) in [4.78, 5) is 35.6. The van der Waals surface area contributed by atoms with Crippen LogP contribution in [0, 0.1) is 17.7 Å². The van der Waals surface area contributed by atoms with Gasteiger partial charge in [-0.15, -0.1) is 4.91 Å². The van der Waals surface area contributed by atoms with E-state index in [0.29, 0.717) is 16.7 Å². The van der Waals surface area contributed by atoms with E-state index < -0.39 is 12.5 Å². The molecule has 0 bridgehead atoms. The Kier molecular flexibility index (Phi) is 5.67. The number of aryl methyl sites for hydroxylation is 1. The van der Waals surface area contributed by atoms with Crippen molar-refractivity contribution in [2.45, 2.75) is 39.0 Å². The number of hydrogen-bond donors (Lipinski definition) is 0. The summed E-state index contributed by atoms with van der Waals surface area (Å²) in [5.74, 6) is -0.0260. The van der Waals surface area contributed by atoms with Crippen LogP contribution in [-0.4, -0.2) is 27.6 Å². The minimum Gasteiger partial charge on any atom is -0.283 e. The van der Waals surface area contributed by atoms with Crippen molar-refractivity contribution >= 4 is 46.2 Å². The van der Waals surface area contributed by atoms with Crippen LogP contribution in [0.3, 0.4) is 0 Å². The average molecular weight is 389 g/mol. The Balaban J connectivity index is 1.86. The molecule has 2 unspecified atom stereocenters. The fourth-order valence-corrected chi connectivity index (χ4v) is 4.96. The van der Waals surface area contributed by atoms with E-state index in [1.165, 1.54) is 30.4 Å². The highest BCUT2D eigenvalue weighted by Crippen LogP contribution is 2.41. The molecule has 2 amide bonds. The van der Waals surface area contributed by atoms with Gasteiger partial charge in [-0.25, -0.2) is 0 Å². The zero-order chi connectivity index (χ0) is 18.8. The molecule has 1 saturated carbocycles. The largest absolute Gasteiger partial charge is 0.306 e.